The summed E-state index contributed by atoms with van der Waals surface area (Å²) in [6, 6.07) is 4.09. The Kier molecular flexibility index (Phi) is 5.54. The van der Waals surface area contributed by atoms with Gasteiger partial charge in [0.05, 0.1) is 0 Å². The van der Waals surface area contributed by atoms with E-state index in [0.29, 0.717) is 11.3 Å². The molecule has 1 saturated carbocycles. The minimum absolute atomic E-state index is 0.0295. The Morgan fingerprint density at radius 1 is 1.45 bits per heavy atom. The van der Waals surface area contributed by atoms with Crippen LogP contribution in [0.4, 0.5) is 19.3 Å². The Hall–Kier alpha value is -1.89. The molecule has 0 saturated heterocycles. The highest BCUT2D eigenvalue weighted by atomic mass is 19.3. The van der Waals surface area contributed by atoms with Crippen molar-refractivity contribution in [2.75, 3.05) is 11.9 Å². The topological polar surface area (TPSA) is 70.6 Å². The lowest BCUT2D eigenvalue weighted by Gasteiger charge is -2.19. The Bertz CT molecular complexity index is 526. The number of alkyl halides is 2. The molecule has 1 aromatic carbocycles. The van der Waals surface area contributed by atoms with Crippen LogP contribution in [0.1, 0.15) is 24.8 Å². The molecule has 0 aliphatic heterocycles. The molecule has 2 amide bonds. The molecule has 0 bridgehead atoms. The minimum atomic E-state index is -2.91. The number of halogens is 2. The molecular weight excluding hydrogens is 294 g/mol. The van der Waals surface area contributed by atoms with Crippen molar-refractivity contribution < 1.29 is 23.4 Å². The third-order valence-electron chi connectivity index (χ3n) is 3.87. The summed E-state index contributed by atoms with van der Waals surface area (Å²) >= 11 is 0. The third kappa shape index (κ3) is 4.30. The van der Waals surface area contributed by atoms with Gasteiger partial charge in [-0.15, -0.1) is 0 Å². The third-order valence-corrected chi connectivity index (χ3v) is 3.87. The Balaban J connectivity index is 1.96. The quantitative estimate of drug-likeness (QED) is 0.782. The van der Waals surface area contributed by atoms with E-state index >= 15 is 0 Å². The number of hydrogen-bond donors (Lipinski definition) is 3. The maximum Gasteiger partial charge on any atom is 0.387 e. The number of benzene rings is 1. The first kappa shape index (κ1) is 16.5. The zero-order valence-corrected chi connectivity index (χ0v) is 12.3. The fraction of sp³-hybridized carbons (Fsp3) is 0.533. The summed E-state index contributed by atoms with van der Waals surface area (Å²) in [6.07, 6.45) is 2.68. The van der Waals surface area contributed by atoms with Crippen molar-refractivity contribution in [3.63, 3.8) is 0 Å². The lowest BCUT2D eigenvalue weighted by atomic mass is 10.1. The largest absolute Gasteiger partial charge is 0.434 e. The van der Waals surface area contributed by atoms with Crippen LogP contribution in [0.25, 0.3) is 0 Å². The van der Waals surface area contributed by atoms with Crippen molar-refractivity contribution in [1.82, 2.24) is 5.32 Å². The standard InChI is InChI=1S/C15H20F2N2O3/c1-9-5-6-11(7-13(9)22-14(16)17)18-15(21)19-12-4-2-3-10(12)8-20/h5-7,10,12,14,20H,2-4,8H2,1H3,(H2,18,19,21)/t10-,12-/m1/s1. The highest BCUT2D eigenvalue weighted by Gasteiger charge is 2.27. The average Bonchev–Trinajstić information content (AvgIpc) is 2.89. The van der Waals surface area contributed by atoms with Crippen LogP contribution in [0.15, 0.2) is 18.2 Å². The summed E-state index contributed by atoms with van der Waals surface area (Å²) in [6.45, 7) is -1.22. The molecular formula is C15H20F2N2O3. The molecule has 7 heteroatoms. The number of urea groups is 1. The first-order chi connectivity index (χ1) is 10.5. The molecule has 2 rings (SSSR count). The number of ether oxygens (including phenoxy) is 1. The van der Waals surface area contributed by atoms with Gasteiger partial charge in [0.25, 0.3) is 0 Å². The van der Waals surface area contributed by atoms with Crippen LogP contribution in [0, 0.1) is 12.8 Å². The Labute approximate surface area is 127 Å². The number of amides is 2. The Morgan fingerprint density at radius 3 is 2.91 bits per heavy atom. The van der Waals surface area contributed by atoms with Crippen molar-refractivity contribution in [1.29, 1.82) is 0 Å². The molecule has 1 fully saturated rings. The van der Waals surface area contributed by atoms with Crippen molar-refractivity contribution in [3.8, 4) is 5.75 Å². The monoisotopic (exact) mass is 314 g/mol. The van der Waals surface area contributed by atoms with Crippen LogP contribution < -0.4 is 15.4 Å². The second-order valence-corrected chi connectivity index (χ2v) is 5.44. The van der Waals surface area contributed by atoms with Gasteiger partial charge >= 0.3 is 12.6 Å². The molecule has 1 aromatic rings. The van der Waals surface area contributed by atoms with Crippen molar-refractivity contribution >= 4 is 11.7 Å². The van der Waals surface area contributed by atoms with Gasteiger partial charge in [-0.1, -0.05) is 12.5 Å². The molecule has 22 heavy (non-hydrogen) atoms. The minimum Gasteiger partial charge on any atom is -0.434 e. The second kappa shape index (κ2) is 7.40. The van der Waals surface area contributed by atoms with Crippen molar-refractivity contribution in [2.24, 2.45) is 5.92 Å². The smallest absolute Gasteiger partial charge is 0.387 e. The van der Waals surface area contributed by atoms with Crippen molar-refractivity contribution in [2.45, 2.75) is 38.8 Å². The van der Waals surface area contributed by atoms with E-state index in [1.54, 1.807) is 19.1 Å². The number of anilines is 1. The van der Waals surface area contributed by atoms with Crippen LogP contribution in [0.3, 0.4) is 0 Å². The second-order valence-electron chi connectivity index (χ2n) is 5.44. The van der Waals surface area contributed by atoms with Crippen LogP contribution >= 0.6 is 0 Å². The van der Waals surface area contributed by atoms with E-state index in [1.807, 2.05) is 0 Å². The summed E-state index contributed by atoms with van der Waals surface area (Å²) in [5.41, 5.74) is 0.930. The lowest BCUT2D eigenvalue weighted by Crippen LogP contribution is -2.41. The molecule has 1 aliphatic carbocycles. The van der Waals surface area contributed by atoms with Gasteiger partial charge in [-0.25, -0.2) is 4.79 Å². The van der Waals surface area contributed by atoms with E-state index in [9.17, 15) is 18.7 Å². The molecule has 1 aliphatic rings. The number of nitrogens with one attached hydrogen (secondary N) is 2. The van der Waals surface area contributed by atoms with E-state index < -0.39 is 12.6 Å². The predicted octanol–water partition coefficient (Wildman–Crippen LogP) is 2.88. The molecule has 5 nitrogen and oxygen atoms in total. The maximum absolute atomic E-state index is 12.3. The zero-order chi connectivity index (χ0) is 16.1. The molecule has 3 N–H and O–H groups in total. The van der Waals surface area contributed by atoms with Crippen LogP contribution in [-0.2, 0) is 0 Å². The number of carbonyl (C=O) groups is 1. The number of aryl methyl sites for hydroxylation is 1. The molecule has 0 radical (unpaired) electrons. The average molecular weight is 314 g/mol. The summed E-state index contributed by atoms with van der Waals surface area (Å²) in [5, 5.41) is 14.6. The lowest BCUT2D eigenvalue weighted by molar-refractivity contribution is -0.0502. The number of hydrogen-bond acceptors (Lipinski definition) is 3. The zero-order valence-electron chi connectivity index (χ0n) is 12.3. The molecule has 2 atom stereocenters. The highest BCUT2D eigenvalue weighted by molar-refractivity contribution is 5.89. The van der Waals surface area contributed by atoms with Crippen LogP contribution in [-0.4, -0.2) is 30.4 Å². The summed E-state index contributed by atoms with van der Waals surface area (Å²) < 4.78 is 29.0. The summed E-state index contributed by atoms with van der Waals surface area (Å²) in [5.74, 6) is 0.100. The van der Waals surface area contributed by atoms with Gasteiger partial charge in [-0.2, -0.15) is 8.78 Å². The molecule has 0 spiro atoms. The van der Waals surface area contributed by atoms with E-state index in [1.165, 1.54) is 6.07 Å². The van der Waals surface area contributed by atoms with Gasteiger partial charge in [0, 0.05) is 30.3 Å². The fourth-order valence-corrected chi connectivity index (χ4v) is 2.68. The molecule has 122 valence electrons. The Morgan fingerprint density at radius 2 is 2.23 bits per heavy atom. The van der Waals surface area contributed by atoms with Gasteiger partial charge < -0.3 is 20.5 Å². The SMILES string of the molecule is Cc1ccc(NC(=O)N[C@@H]2CCC[C@@H]2CO)cc1OC(F)F. The fourth-order valence-electron chi connectivity index (χ4n) is 2.68. The van der Waals surface area contributed by atoms with Crippen LogP contribution in [0.5, 0.6) is 5.75 Å². The van der Waals surface area contributed by atoms with Gasteiger partial charge in [0.15, 0.2) is 0 Å². The summed E-state index contributed by atoms with van der Waals surface area (Å²) in [4.78, 5) is 12.0. The van der Waals surface area contributed by atoms with Crippen LogP contribution in [0.2, 0.25) is 0 Å². The van der Waals surface area contributed by atoms with E-state index in [-0.39, 0.29) is 24.3 Å². The van der Waals surface area contributed by atoms with E-state index in [2.05, 4.69) is 15.4 Å². The van der Waals surface area contributed by atoms with Gasteiger partial charge in [-0.3, -0.25) is 0 Å². The first-order valence-corrected chi connectivity index (χ1v) is 7.23. The van der Waals surface area contributed by atoms with E-state index in [0.717, 1.165) is 19.3 Å². The number of carbonyl (C=O) groups excluding carboxylic acids is 1. The summed E-state index contributed by atoms with van der Waals surface area (Å²) in [7, 11) is 0. The maximum atomic E-state index is 12.3. The van der Waals surface area contributed by atoms with Gasteiger partial charge in [0.1, 0.15) is 5.75 Å². The molecule has 0 heterocycles. The number of aliphatic hydroxyl groups is 1. The van der Waals surface area contributed by atoms with Crippen molar-refractivity contribution in [3.05, 3.63) is 23.8 Å². The first-order valence-electron chi connectivity index (χ1n) is 7.23. The normalized spacial score (nSPS) is 21.0. The van der Waals surface area contributed by atoms with E-state index in [4.69, 9.17) is 0 Å². The highest BCUT2D eigenvalue weighted by Crippen LogP contribution is 2.26. The molecule has 0 aromatic heterocycles. The van der Waals surface area contributed by atoms with Gasteiger partial charge in [0.2, 0.25) is 0 Å². The number of aliphatic hydroxyl groups excluding tert-OH is 1. The predicted molar refractivity (Wildman–Crippen MR) is 78.2 cm³/mol. The number of rotatable bonds is 5. The van der Waals surface area contributed by atoms with Gasteiger partial charge in [-0.05, 0) is 31.4 Å². The molecule has 0 unspecified atom stereocenters.